The summed E-state index contributed by atoms with van der Waals surface area (Å²) in [5, 5.41) is 8.88. The Labute approximate surface area is 107 Å². The van der Waals surface area contributed by atoms with Crippen LogP contribution in [0.4, 0.5) is 0 Å². The van der Waals surface area contributed by atoms with Gasteiger partial charge in [0.05, 0.1) is 12.5 Å². The molecular formula is C12H22N2O4. The van der Waals surface area contributed by atoms with Crippen molar-refractivity contribution in [1.82, 2.24) is 4.90 Å². The normalized spacial score (nSPS) is 13.7. The summed E-state index contributed by atoms with van der Waals surface area (Å²) < 4.78 is 0. The fourth-order valence-electron chi connectivity index (χ4n) is 1.52. The SMILES string of the molecule is CCCCN(CC(N)=O)C(=O)C(C)C(C)C(=O)O. The van der Waals surface area contributed by atoms with Gasteiger partial charge in [0.1, 0.15) is 0 Å². The van der Waals surface area contributed by atoms with Gasteiger partial charge in [0.15, 0.2) is 0 Å². The summed E-state index contributed by atoms with van der Waals surface area (Å²) in [6.07, 6.45) is 1.64. The van der Waals surface area contributed by atoms with Crippen LogP contribution in [0.2, 0.25) is 0 Å². The van der Waals surface area contributed by atoms with Crippen LogP contribution in [0.25, 0.3) is 0 Å². The van der Waals surface area contributed by atoms with Crippen LogP contribution in [0.3, 0.4) is 0 Å². The van der Waals surface area contributed by atoms with Gasteiger partial charge in [0.2, 0.25) is 11.8 Å². The second kappa shape index (κ2) is 7.68. The Hall–Kier alpha value is -1.59. The van der Waals surface area contributed by atoms with E-state index in [0.717, 1.165) is 12.8 Å². The predicted octanol–water partition coefficient (Wildman–Crippen LogP) is 0.457. The molecule has 6 heteroatoms. The number of hydrogen-bond acceptors (Lipinski definition) is 3. The number of rotatable bonds is 8. The molecule has 6 nitrogen and oxygen atoms in total. The van der Waals surface area contributed by atoms with E-state index in [1.807, 2.05) is 6.92 Å². The summed E-state index contributed by atoms with van der Waals surface area (Å²) in [6.45, 7) is 5.27. The smallest absolute Gasteiger partial charge is 0.307 e. The zero-order valence-electron chi connectivity index (χ0n) is 11.2. The summed E-state index contributed by atoms with van der Waals surface area (Å²) >= 11 is 0. The van der Waals surface area contributed by atoms with Crippen LogP contribution in [0.15, 0.2) is 0 Å². The molecule has 0 spiro atoms. The van der Waals surface area contributed by atoms with Gasteiger partial charge in [0.25, 0.3) is 0 Å². The molecule has 3 N–H and O–H groups in total. The minimum Gasteiger partial charge on any atom is -0.481 e. The van der Waals surface area contributed by atoms with Crippen molar-refractivity contribution in [2.75, 3.05) is 13.1 Å². The number of carbonyl (C=O) groups excluding carboxylic acids is 2. The van der Waals surface area contributed by atoms with E-state index >= 15 is 0 Å². The van der Waals surface area contributed by atoms with Crippen LogP contribution in [-0.2, 0) is 14.4 Å². The van der Waals surface area contributed by atoms with Crippen LogP contribution in [0.1, 0.15) is 33.6 Å². The average molecular weight is 258 g/mol. The number of primary amides is 1. The van der Waals surface area contributed by atoms with Crippen molar-refractivity contribution in [2.45, 2.75) is 33.6 Å². The molecule has 0 saturated heterocycles. The van der Waals surface area contributed by atoms with Gasteiger partial charge in [-0.15, -0.1) is 0 Å². The second-order valence-electron chi connectivity index (χ2n) is 4.50. The average Bonchev–Trinajstić information content (AvgIpc) is 2.30. The third-order valence-corrected chi connectivity index (χ3v) is 2.97. The lowest BCUT2D eigenvalue weighted by atomic mass is 9.94. The molecule has 2 atom stereocenters. The van der Waals surface area contributed by atoms with Crippen molar-refractivity contribution in [3.63, 3.8) is 0 Å². The maximum atomic E-state index is 12.1. The fraction of sp³-hybridized carbons (Fsp3) is 0.750. The Morgan fingerprint density at radius 2 is 1.78 bits per heavy atom. The Bertz CT molecular complexity index is 317. The number of carboxylic acid groups (broad SMARTS) is 1. The number of nitrogens with zero attached hydrogens (tertiary/aromatic N) is 1. The highest BCUT2D eigenvalue weighted by molar-refractivity contribution is 5.87. The van der Waals surface area contributed by atoms with Gasteiger partial charge in [-0.2, -0.15) is 0 Å². The molecule has 0 fully saturated rings. The van der Waals surface area contributed by atoms with Crippen molar-refractivity contribution < 1.29 is 19.5 Å². The lowest BCUT2D eigenvalue weighted by Crippen LogP contribution is -2.43. The van der Waals surface area contributed by atoms with Gasteiger partial charge in [-0.05, 0) is 6.42 Å². The fourth-order valence-corrected chi connectivity index (χ4v) is 1.52. The first-order valence-corrected chi connectivity index (χ1v) is 6.11. The van der Waals surface area contributed by atoms with Crippen molar-refractivity contribution in [3.8, 4) is 0 Å². The monoisotopic (exact) mass is 258 g/mol. The third-order valence-electron chi connectivity index (χ3n) is 2.97. The van der Waals surface area contributed by atoms with Gasteiger partial charge in [-0.3, -0.25) is 14.4 Å². The van der Waals surface area contributed by atoms with E-state index in [2.05, 4.69) is 0 Å². The van der Waals surface area contributed by atoms with Crippen LogP contribution in [-0.4, -0.2) is 40.9 Å². The highest BCUT2D eigenvalue weighted by Crippen LogP contribution is 2.15. The molecular weight excluding hydrogens is 236 g/mol. The number of unbranched alkanes of at least 4 members (excludes halogenated alkanes) is 1. The quantitative estimate of drug-likeness (QED) is 0.660. The molecule has 0 aliphatic heterocycles. The van der Waals surface area contributed by atoms with Crippen molar-refractivity contribution in [3.05, 3.63) is 0 Å². The largest absolute Gasteiger partial charge is 0.481 e. The predicted molar refractivity (Wildman–Crippen MR) is 66.6 cm³/mol. The summed E-state index contributed by atoms with van der Waals surface area (Å²) in [7, 11) is 0. The van der Waals surface area contributed by atoms with E-state index in [4.69, 9.17) is 10.8 Å². The molecule has 0 aliphatic carbocycles. The van der Waals surface area contributed by atoms with E-state index in [9.17, 15) is 14.4 Å². The van der Waals surface area contributed by atoms with Gasteiger partial charge in [-0.1, -0.05) is 27.2 Å². The Balaban J connectivity index is 4.71. The van der Waals surface area contributed by atoms with Crippen LogP contribution in [0.5, 0.6) is 0 Å². The lowest BCUT2D eigenvalue weighted by molar-refractivity contribution is -0.149. The topological polar surface area (TPSA) is 101 Å². The minimum atomic E-state index is -1.02. The first kappa shape index (κ1) is 16.4. The third kappa shape index (κ3) is 5.16. The summed E-state index contributed by atoms with van der Waals surface area (Å²) in [6, 6.07) is 0. The Morgan fingerprint density at radius 1 is 1.22 bits per heavy atom. The van der Waals surface area contributed by atoms with Gasteiger partial charge >= 0.3 is 5.97 Å². The minimum absolute atomic E-state index is 0.157. The standard InChI is InChI=1S/C12H22N2O4/c1-4-5-6-14(7-10(13)15)11(16)8(2)9(3)12(17)18/h8-9H,4-7H2,1-3H3,(H2,13,15)(H,17,18). The maximum absolute atomic E-state index is 12.1. The number of nitrogens with two attached hydrogens (primary N) is 1. The molecule has 0 aromatic heterocycles. The van der Waals surface area contributed by atoms with Crippen molar-refractivity contribution in [2.24, 2.45) is 17.6 Å². The van der Waals surface area contributed by atoms with E-state index in [1.54, 1.807) is 6.92 Å². The molecule has 0 bridgehead atoms. The summed E-state index contributed by atoms with van der Waals surface area (Å²) in [5.74, 6) is -3.40. The van der Waals surface area contributed by atoms with Crippen LogP contribution < -0.4 is 5.73 Å². The van der Waals surface area contributed by atoms with Gasteiger partial charge < -0.3 is 15.7 Å². The Morgan fingerprint density at radius 3 is 2.17 bits per heavy atom. The van der Waals surface area contributed by atoms with E-state index in [1.165, 1.54) is 11.8 Å². The summed E-state index contributed by atoms with van der Waals surface area (Å²) in [5.41, 5.74) is 5.09. The number of amides is 2. The molecule has 0 aromatic carbocycles. The zero-order chi connectivity index (χ0) is 14.3. The highest BCUT2D eigenvalue weighted by atomic mass is 16.4. The van der Waals surface area contributed by atoms with E-state index < -0.39 is 23.7 Å². The molecule has 0 heterocycles. The molecule has 0 aromatic rings. The van der Waals surface area contributed by atoms with Crippen LogP contribution in [0, 0.1) is 11.8 Å². The molecule has 18 heavy (non-hydrogen) atoms. The molecule has 2 unspecified atom stereocenters. The lowest BCUT2D eigenvalue weighted by Gasteiger charge is -2.26. The first-order chi connectivity index (χ1) is 8.31. The molecule has 0 rings (SSSR count). The summed E-state index contributed by atoms with van der Waals surface area (Å²) in [4.78, 5) is 35.2. The molecule has 2 amide bonds. The van der Waals surface area contributed by atoms with Gasteiger partial charge in [-0.25, -0.2) is 0 Å². The van der Waals surface area contributed by atoms with E-state index in [-0.39, 0.29) is 12.5 Å². The molecule has 104 valence electrons. The van der Waals surface area contributed by atoms with Crippen molar-refractivity contribution in [1.29, 1.82) is 0 Å². The molecule has 0 saturated carbocycles. The zero-order valence-corrected chi connectivity index (χ0v) is 11.2. The first-order valence-electron chi connectivity index (χ1n) is 6.11. The Kier molecular flexibility index (Phi) is 7.00. The maximum Gasteiger partial charge on any atom is 0.307 e. The number of carbonyl (C=O) groups is 3. The van der Waals surface area contributed by atoms with Crippen LogP contribution >= 0.6 is 0 Å². The second-order valence-corrected chi connectivity index (χ2v) is 4.50. The van der Waals surface area contributed by atoms with Gasteiger partial charge in [0, 0.05) is 12.5 Å². The molecule has 0 radical (unpaired) electrons. The highest BCUT2D eigenvalue weighted by Gasteiger charge is 2.29. The molecule has 0 aliphatic rings. The number of aliphatic carboxylic acids is 1. The van der Waals surface area contributed by atoms with Crippen molar-refractivity contribution >= 4 is 17.8 Å². The number of hydrogen-bond donors (Lipinski definition) is 2. The van der Waals surface area contributed by atoms with E-state index in [0.29, 0.717) is 6.54 Å². The number of carboxylic acids is 1.